The molecular formula is C15H18FN3. The molecule has 0 amide bonds. The van der Waals surface area contributed by atoms with Gasteiger partial charge in [-0.15, -0.1) is 0 Å². The van der Waals surface area contributed by atoms with Crippen LogP contribution in [0.3, 0.4) is 0 Å². The van der Waals surface area contributed by atoms with Crippen molar-refractivity contribution in [3.8, 4) is 0 Å². The molecule has 0 bridgehead atoms. The molecule has 0 radical (unpaired) electrons. The van der Waals surface area contributed by atoms with Gasteiger partial charge in [-0.1, -0.05) is 0 Å². The minimum Gasteiger partial charge on any atom is -0.367 e. The molecule has 0 unspecified atom stereocenters. The molecular weight excluding hydrogens is 241 g/mol. The number of nitrogens with two attached hydrogens (primary N) is 1. The van der Waals surface area contributed by atoms with Gasteiger partial charge >= 0.3 is 0 Å². The van der Waals surface area contributed by atoms with Crippen LogP contribution in [0.4, 0.5) is 10.1 Å². The minimum atomic E-state index is -0.214. The van der Waals surface area contributed by atoms with Crippen molar-refractivity contribution in [2.45, 2.75) is 20.0 Å². The maximum Gasteiger partial charge on any atom is 0.123 e. The van der Waals surface area contributed by atoms with E-state index in [-0.39, 0.29) is 5.82 Å². The van der Waals surface area contributed by atoms with Crippen LogP contribution in [0.1, 0.15) is 18.2 Å². The topological polar surface area (TPSA) is 42.2 Å². The number of pyridine rings is 1. The van der Waals surface area contributed by atoms with Gasteiger partial charge in [0.1, 0.15) is 5.82 Å². The van der Waals surface area contributed by atoms with E-state index in [0.29, 0.717) is 6.54 Å². The highest BCUT2D eigenvalue weighted by atomic mass is 19.1. The Morgan fingerprint density at radius 3 is 2.58 bits per heavy atom. The van der Waals surface area contributed by atoms with Crippen LogP contribution in [0.2, 0.25) is 0 Å². The SMILES string of the molecule is CCN(Cc1ccnc(CN)c1)c1ccc(F)cc1. The summed E-state index contributed by atoms with van der Waals surface area (Å²) in [4.78, 5) is 6.36. The standard InChI is InChI=1S/C15H18FN3/c1-2-19(15-5-3-13(16)4-6-15)11-12-7-8-18-14(9-12)10-17/h3-9H,2,10-11,17H2,1H3. The second kappa shape index (κ2) is 6.29. The van der Waals surface area contributed by atoms with Crippen molar-refractivity contribution in [2.75, 3.05) is 11.4 Å². The highest BCUT2D eigenvalue weighted by Gasteiger charge is 2.06. The average Bonchev–Trinajstić information content (AvgIpc) is 2.46. The summed E-state index contributed by atoms with van der Waals surface area (Å²) in [6, 6.07) is 10.5. The summed E-state index contributed by atoms with van der Waals surface area (Å²) in [5.74, 6) is -0.214. The molecule has 0 spiro atoms. The van der Waals surface area contributed by atoms with Gasteiger partial charge in [-0.25, -0.2) is 4.39 Å². The Morgan fingerprint density at radius 1 is 1.21 bits per heavy atom. The fourth-order valence-corrected chi connectivity index (χ4v) is 2.00. The number of nitrogens with zero attached hydrogens (tertiary/aromatic N) is 2. The third kappa shape index (κ3) is 3.51. The predicted molar refractivity (Wildman–Crippen MR) is 75.3 cm³/mol. The summed E-state index contributed by atoms with van der Waals surface area (Å²) in [6.45, 7) is 4.13. The lowest BCUT2D eigenvalue weighted by atomic mass is 10.2. The van der Waals surface area contributed by atoms with Gasteiger partial charge in [-0.3, -0.25) is 4.98 Å². The van der Waals surface area contributed by atoms with Crippen molar-refractivity contribution in [1.82, 2.24) is 4.98 Å². The zero-order valence-corrected chi connectivity index (χ0v) is 11.0. The van der Waals surface area contributed by atoms with Crippen LogP contribution in [0.25, 0.3) is 0 Å². The van der Waals surface area contributed by atoms with Gasteiger partial charge in [0, 0.05) is 31.5 Å². The minimum absolute atomic E-state index is 0.214. The number of aromatic nitrogens is 1. The Bertz CT molecular complexity index is 525. The second-order valence-corrected chi connectivity index (χ2v) is 4.35. The molecule has 0 aliphatic carbocycles. The number of rotatable bonds is 5. The smallest absolute Gasteiger partial charge is 0.123 e. The van der Waals surface area contributed by atoms with Gasteiger partial charge in [0.15, 0.2) is 0 Å². The average molecular weight is 259 g/mol. The molecule has 0 saturated heterocycles. The molecule has 4 heteroatoms. The van der Waals surface area contributed by atoms with Gasteiger partial charge in [-0.05, 0) is 48.9 Å². The van der Waals surface area contributed by atoms with Gasteiger partial charge in [-0.2, -0.15) is 0 Å². The molecule has 3 nitrogen and oxygen atoms in total. The van der Waals surface area contributed by atoms with E-state index in [1.165, 1.54) is 12.1 Å². The highest BCUT2D eigenvalue weighted by molar-refractivity contribution is 5.46. The molecule has 0 saturated carbocycles. The van der Waals surface area contributed by atoms with E-state index in [0.717, 1.165) is 30.0 Å². The molecule has 1 aromatic heterocycles. The van der Waals surface area contributed by atoms with Crippen molar-refractivity contribution in [2.24, 2.45) is 5.73 Å². The fraction of sp³-hybridized carbons (Fsp3) is 0.267. The molecule has 2 N–H and O–H groups in total. The third-order valence-corrected chi connectivity index (χ3v) is 3.04. The lowest BCUT2D eigenvalue weighted by Crippen LogP contribution is -2.22. The van der Waals surface area contributed by atoms with Gasteiger partial charge in [0.05, 0.1) is 5.69 Å². The van der Waals surface area contributed by atoms with E-state index >= 15 is 0 Å². The molecule has 0 aliphatic heterocycles. The van der Waals surface area contributed by atoms with Gasteiger partial charge in [0.25, 0.3) is 0 Å². The van der Waals surface area contributed by atoms with Crippen LogP contribution in [-0.2, 0) is 13.1 Å². The quantitative estimate of drug-likeness (QED) is 0.897. The first-order valence-corrected chi connectivity index (χ1v) is 6.37. The molecule has 0 fully saturated rings. The van der Waals surface area contributed by atoms with Crippen LogP contribution in [0.5, 0.6) is 0 Å². The Hall–Kier alpha value is -1.94. The summed E-state index contributed by atoms with van der Waals surface area (Å²) in [7, 11) is 0. The molecule has 0 aliphatic rings. The third-order valence-electron chi connectivity index (χ3n) is 3.04. The maximum atomic E-state index is 12.9. The fourth-order valence-electron chi connectivity index (χ4n) is 2.00. The summed E-state index contributed by atoms with van der Waals surface area (Å²) >= 11 is 0. The van der Waals surface area contributed by atoms with Crippen molar-refractivity contribution in [3.63, 3.8) is 0 Å². The first kappa shape index (κ1) is 13.5. The normalized spacial score (nSPS) is 10.5. The zero-order valence-electron chi connectivity index (χ0n) is 11.0. The molecule has 19 heavy (non-hydrogen) atoms. The largest absolute Gasteiger partial charge is 0.367 e. The first-order valence-electron chi connectivity index (χ1n) is 6.37. The summed E-state index contributed by atoms with van der Waals surface area (Å²) in [6.07, 6.45) is 1.77. The molecule has 1 aromatic carbocycles. The number of halogens is 1. The Morgan fingerprint density at radius 2 is 1.95 bits per heavy atom. The van der Waals surface area contributed by atoms with E-state index in [9.17, 15) is 4.39 Å². The number of anilines is 1. The molecule has 0 atom stereocenters. The Labute approximate surface area is 112 Å². The molecule has 2 rings (SSSR count). The predicted octanol–water partition coefficient (Wildman–Crippen LogP) is 2.71. The first-order chi connectivity index (χ1) is 9.22. The van der Waals surface area contributed by atoms with Crippen molar-refractivity contribution in [1.29, 1.82) is 0 Å². The number of benzene rings is 1. The van der Waals surface area contributed by atoms with E-state index < -0.39 is 0 Å². The van der Waals surface area contributed by atoms with Crippen LogP contribution in [0.15, 0.2) is 42.6 Å². The van der Waals surface area contributed by atoms with E-state index in [4.69, 9.17) is 5.73 Å². The van der Waals surface area contributed by atoms with Crippen molar-refractivity contribution in [3.05, 3.63) is 59.7 Å². The summed E-state index contributed by atoms with van der Waals surface area (Å²) in [5, 5.41) is 0. The second-order valence-electron chi connectivity index (χ2n) is 4.35. The summed E-state index contributed by atoms with van der Waals surface area (Å²) < 4.78 is 12.9. The molecule has 2 aromatic rings. The number of hydrogen-bond donors (Lipinski definition) is 1. The zero-order chi connectivity index (χ0) is 13.7. The molecule has 100 valence electrons. The maximum absolute atomic E-state index is 12.9. The highest BCUT2D eigenvalue weighted by Crippen LogP contribution is 2.17. The molecule has 1 heterocycles. The van der Waals surface area contributed by atoms with E-state index in [1.54, 1.807) is 18.3 Å². The summed E-state index contributed by atoms with van der Waals surface area (Å²) in [5.41, 5.74) is 8.64. The van der Waals surface area contributed by atoms with E-state index in [2.05, 4.69) is 16.8 Å². The van der Waals surface area contributed by atoms with Crippen LogP contribution < -0.4 is 10.6 Å². The Balaban J connectivity index is 2.16. The Kier molecular flexibility index (Phi) is 4.47. The lowest BCUT2D eigenvalue weighted by Gasteiger charge is -2.23. The van der Waals surface area contributed by atoms with Gasteiger partial charge < -0.3 is 10.6 Å². The van der Waals surface area contributed by atoms with Crippen LogP contribution >= 0.6 is 0 Å². The van der Waals surface area contributed by atoms with Gasteiger partial charge in [0.2, 0.25) is 0 Å². The lowest BCUT2D eigenvalue weighted by molar-refractivity contribution is 0.627. The van der Waals surface area contributed by atoms with Crippen LogP contribution in [-0.4, -0.2) is 11.5 Å². The van der Waals surface area contributed by atoms with E-state index in [1.807, 2.05) is 12.1 Å². The monoisotopic (exact) mass is 259 g/mol. The number of hydrogen-bond acceptors (Lipinski definition) is 3. The van der Waals surface area contributed by atoms with Crippen molar-refractivity contribution < 1.29 is 4.39 Å². The van der Waals surface area contributed by atoms with Crippen LogP contribution in [0, 0.1) is 5.82 Å². The van der Waals surface area contributed by atoms with Crippen molar-refractivity contribution >= 4 is 5.69 Å².